The number of hydrogen-bond donors (Lipinski definition) is 3. The van der Waals surface area contributed by atoms with E-state index >= 15 is 0 Å². The molecule has 0 aliphatic rings. The summed E-state index contributed by atoms with van der Waals surface area (Å²) in [4.78, 5) is 38.8. The maximum Gasteiger partial charge on any atom is 0.416 e. The van der Waals surface area contributed by atoms with Crippen LogP contribution in [0, 0.1) is 0 Å². The predicted octanol–water partition coefficient (Wildman–Crippen LogP) is 1.36. The van der Waals surface area contributed by atoms with Crippen molar-refractivity contribution in [3.8, 4) is 11.3 Å². The fourth-order valence-electron chi connectivity index (χ4n) is 2.41. The van der Waals surface area contributed by atoms with Crippen LogP contribution in [0.1, 0.15) is 15.9 Å². The SMILES string of the molecule is CNC(=O)C(CNC(=O)c1cccnc1-c1ccc(C(F)(F)F)cc1)NC=O. The Morgan fingerprint density at radius 1 is 1.18 bits per heavy atom. The van der Waals surface area contributed by atoms with Gasteiger partial charge in [0.25, 0.3) is 5.91 Å². The lowest BCUT2D eigenvalue weighted by Crippen LogP contribution is -2.49. The molecule has 2 rings (SSSR count). The third-order valence-electron chi connectivity index (χ3n) is 3.84. The van der Waals surface area contributed by atoms with E-state index in [9.17, 15) is 27.6 Å². The van der Waals surface area contributed by atoms with Gasteiger partial charge in [0.15, 0.2) is 0 Å². The summed E-state index contributed by atoms with van der Waals surface area (Å²) in [6.07, 6.45) is -2.72. The van der Waals surface area contributed by atoms with E-state index in [0.717, 1.165) is 12.1 Å². The molecule has 148 valence electrons. The fourth-order valence-corrected chi connectivity index (χ4v) is 2.41. The van der Waals surface area contributed by atoms with Gasteiger partial charge in [-0.2, -0.15) is 13.2 Å². The van der Waals surface area contributed by atoms with Crippen molar-refractivity contribution in [3.63, 3.8) is 0 Å². The quantitative estimate of drug-likeness (QED) is 0.618. The lowest BCUT2D eigenvalue weighted by atomic mass is 10.0. The number of rotatable bonds is 7. The lowest BCUT2D eigenvalue weighted by Gasteiger charge is -2.16. The first kappa shape index (κ1) is 20.9. The maximum atomic E-state index is 12.7. The number of halogens is 3. The largest absolute Gasteiger partial charge is 0.416 e. The molecule has 1 aromatic heterocycles. The van der Waals surface area contributed by atoms with E-state index < -0.39 is 29.6 Å². The van der Waals surface area contributed by atoms with Crippen LogP contribution < -0.4 is 16.0 Å². The van der Waals surface area contributed by atoms with Gasteiger partial charge in [-0.1, -0.05) is 12.1 Å². The molecule has 1 aromatic carbocycles. The molecule has 0 bridgehead atoms. The Hall–Kier alpha value is -3.43. The Bertz CT molecular complexity index is 854. The highest BCUT2D eigenvalue weighted by Crippen LogP contribution is 2.31. The fraction of sp³-hybridized carbons (Fsp3) is 0.222. The van der Waals surface area contributed by atoms with Gasteiger partial charge in [0.1, 0.15) is 6.04 Å². The average Bonchev–Trinajstić information content (AvgIpc) is 2.69. The van der Waals surface area contributed by atoms with Crippen molar-refractivity contribution in [1.29, 1.82) is 0 Å². The van der Waals surface area contributed by atoms with Crippen LogP contribution in [0.15, 0.2) is 42.6 Å². The number of pyridine rings is 1. The van der Waals surface area contributed by atoms with Gasteiger partial charge in [-0.3, -0.25) is 19.4 Å². The van der Waals surface area contributed by atoms with Gasteiger partial charge < -0.3 is 16.0 Å². The van der Waals surface area contributed by atoms with E-state index in [1.54, 1.807) is 0 Å². The molecule has 1 unspecified atom stereocenters. The molecule has 0 fully saturated rings. The van der Waals surface area contributed by atoms with Gasteiger partial charge in [0.2, 0.25) is 12.3 Å². The van der Waals surface area contributed by atoms with Gasteiger partial charge in [-0.25, -0.2) is 0 Å². The number of aromatic nitrogens is 1. The van der Waals surface area contributed by atoms with Crippen molar-refractivity contribution in [2.45, 2.75) is 12.2 Å². The number of nitrogens with one attached hydrogen (secondary N) is 3. The Morgan fingerprint density at radius 3 is 2.43 bits per heavy atom. The zero-order valence-electron chi connectivity index (χ0n) is 14.7. The van der Waals surface area contributed by atoms with E-state index in [2.05, 4.69) is 20.9 Å². The first-order valence-corrected chi connectivity index (χ1v) is 8.10. The van der Waals surface area contributed by atoms with Crippen LogP contribution in [0.25, 0.3) is 11.3 Å². The minimum atomic E-state index is -4.47. The highest BCUT2D eigenvalue weighted by Gasteiger charge is 2.30. The molecule has 10 heteroatoms. The van der Waals surface area contributed by atoms with Crippen molar-refractivity contribution < 1.29 is 27.6 Å². The molecular weight excluding hydrogens is 377 g/mol. The molecule has 28 heavy (non-hydrogen) atoms. The summed E-state index contributed by atoms with van der Waals surface area (Å²) in [6, 6.07) is 6.24. The van der Waals surface area contributed by atoms with Crippen LogP contribution in [0.5, 0.6) is 0 Å². The van der Waals surface area contributed by atoms with E-state index in [1.807, 2.05) is 0 Å². The molecule has 0 spiro atoms. The molecule has 1 heterocycles. The van der Waals surface area contributed by atoms with Gasteiger partial charge in [0, 0.05) is 25.4 Å². The van der Waals surface area contributed by atoms with Crippen molar-refractivity contribution in [2.75, 3.05) is 13.6 Å². The van der Waals surface area contributed by atoms with Gasteiger partial charge in [-0.15, -0.1) is 0 Å². The molecule has 0 saturated carbocycles. The third kappa shape index (κ3) is 5.06. The smallest absolute Gasteiger partial charge is 0.357 e. The van der Waals surface area contributed by atoms with Gasteiger partial charge >= 0.3 is 6.18 Å². The van der Waals surface area contributed by atoms with E-state index in [-0.39, 0.29) is 17.8 Å². The summed E-state index contributed by atoms with van der Waals surface area (Å²) in [5, 5.41) is 7.13. The number of carbonyl (C=O) groups excluding carboxylic acids is 3. The van der Waals surface area contributed by atoms with Crippen molar-refractivity contribution >= 4 is 18.2 Å². The van der Waals surface area contributed by atoms with E-state index in [0.29, 0.717) is 12.0 Å². The molecule has 0 saturated heterocycles. The molecule has 7 nitrogen and oxygen atoms in total. The summed E-state index contributed by atoms with van der Waals surface area (Å²) in [5.74, 6) is -1.09. The monoisotopic (exact) mass is 394 g/mol. The van der Waals surface area contributed by atoms with Crippen LogP contribution in [-0.4, -0.2) is 42.8 Å². The summed E-state index contributed by atoms with van der Waals surface area (Å²) >= 11 is 0. The minimum Gasteiger partial charge on any atom is -0.357 e. The second-order valence-electron chi connectivity index (χ2n) is 5.64. The Morgan fingerprint density at radius 2 is 1.86 bits per heavy atom. The lowest BCUT2D eigenvalue weighted by molar-refractivity contribution is -0.137. The second kappa shape index (κ2) is 8.98. The highest BCUT2D eigenvalue weighted by molar-refractivity contribution is 6.00. The zero-order chi connectivity index (χ0) is 20.7. The summed E-state index contributed by atoms with van der Waals surface area (Å²) in [5.41, 5.74) is -0.184. The third-order valence-corrected chi connectivity index (χ3v) is 3.84. The molecule has 0 aliphatic carbocycles. The molecule has 3 amide bonds. The highest BCUT2D eigenvalue weighted by atomic mass is 19.4. The number of likely N-dealkylation sites (N-methyl/N-ethyl adjacent to an activating group) is 1. The first-order chi connectivity index (χ1) is 13.3. The van der Waals surface area contributed by atoms with Gasteiger partial charge in [-0.05, 0) is 24.3 Å². The average molecular weight is 394 g/mol. The minimum absolute atomic E-state index is 0.115. The number of carbonyl (C=O) groups is 3. The topological polar surface area (TPSA) is 100 Å². The first-order valence-electron chi connectivity index (χ1n) is 8.10. The van der Waals surface area contributed by atoms with E-state index in [1.165, 1.54) is 37.5 Å². The molecule has 1 atom stereocenters. The number of amides is 3. The predicted molar refractivity (Wildman–Crippen MR) is 94.1 cm³/mol. The summed E-state index contributed by atoms with van der Waals surface area (Å²) in [6.45, 7) is -0.182. The molecule has 2 aromatic rings. The van der Waals surface area contributed by atoms with Crippen LogP contribution in [0.4, 0.5) is 13.2 Å². The van der Waals surface area contributed by atoms with Crippen molar-refractivity contribution in [1.82, 2.24) is 20.9 Å². The maximum absolute atomic E-state index is 12.7. The van der Waals surface area contributed by atoms with Gasteiger partial charge in [0.05, 0.1) is 16.8 Å². The molecule has 3 N–H and O–H groups in total. The molecule has 0 radical (unpaired) electrons. The normalized spacial score (nSPS) is 12.0. The summed E-state index contributed by atoms with van der Waals surface area (Å²) < 4.78 is 38.2. The van der Waals surface area contributed by atoms with E-state index in [4.69, 9.17) is 0 Å². The zero-order valence-corrected chi connectivity index (χ0v) is 14.7. The Balaban J connectivity index is 2.22. The van der Waals surface area contributed by atoms with Crippen LogP contribution in [0.3, 0.4) is 0 Å². The number of hydrogen-bond acceptors (Lipinski definition) is 4. The Labute approximate surface area is 158 Å². The summed E-state index contributed by atoms with van der Waals surface area (Å²) in [7, 11) is 1.38. The van der Waals surface area contributed by atoms with Crippen LogP contribution in [-0.2, 0) is 15.8 Å². The molecular formula is C18H17F3N4O3. The van der Waals surface area contributed by atoms with Crippen LogP contribution >= 0.6 is 0 Å². The standard InChI is InChI=1S/C18H17F3N4O3/c1-22-17(28)14(25-10-26)9-24-16(27)13-3-2-8-23-15(13)11-4-6-12(7-5-11)18(19,20)21/h2-8,10,14H,9H2,1H3,(H,22,28)(H,24,27)(H,25,26). The number of benzene rings is 1. The number of nitrogens with zero attached hydrogens (tertiary/aromatic N) is 1. The Kier molecular flexibility index (Phi) is 6.69. The second-order valence-corrected chi connectivity index (χ2v) is 5.64. The van der Waals surface area contributed by atoms with Crippen LogP contribution in [0.2, 0.25) is 0 Å². The molecule has 0 aliphatic heterocycles. The van der Waals surface area contributed by atoms with Crippen molar-refractivity contribution in [3.05, 3.63) is 53.7 Å². The number of alkyl halides is 3. The van der Waals surface area contributed by atoms with Crippen molar-refractivity contribution in [2.24, 2.45) is 0 Å².